The molecule has 2 aromatic carbocycles. The Balaban J connectivity index is 1.75. The Bertz CT molecular complexity index is 1090. The van der Waals surface area contributed by atoms with Gasteiger partial charge in [0.05, 0.1) is 12.2 Å². The van der Waals surface area contributed by atoms with Gasteiger partial charge in [-0.1, -0.05) is 61.2 Å². The molecule has 0 radical (unpaired) electrons. The van der Waals surface area contributed by atoms with Gasteiger partial charge >= 0.3 is 0 Å². The summed E-state index contributed by atoms with van der Waals surface area (Å²) in [5, 5.41) is 3.97. The first-order chi connectivity index (χ1) is 15.8. The average Bonchev–Trinajstić information content (AvgIpc) is 2.92. The van der Waals surface area contributed by atoms with Crippen molar-refractivity contribution in [2.75, 3.05) is 18.6 Å². The minimum atomic E-state index is -0.923. The molecule has 1 aliphatic heterocycles. The monoisotopic (exact) mass is 447 g/mol. The van der Waals surface area contributed by atoms with Crippen LogP contribution in [0.25, 0.3) is 12.2 Å². The fourth-order valence-corrected chi connectivity index (χ4v) is 3.60. The number of nitrogens with zero attached hydrogens (tertiary/aromatic N) is 2. The topological polar surface area (TPSA) is 114 Å². The van der Waals surface area contributed by atoms with E-state index in [1.54, 1.807) is 19.2 Å². The van der Waals surface area contributed by atoms with Crippen molar-refractivity contribution in [2.45, 2.75) is 19.5 Å². The van der Waals surface area contributed by atoms with E-state index in [0.717, 1.165) is 16.7 Å². The first-order valence-corrected chi connectivity index (χ1v) is 10.5. The van der Waals surface area contributed by atoms with Gasteiger partial charge < -0.3 is 25.7 Å². The molecule has 0 aliphatic carbocycles. The first-order valence-electron chi connectivity index (χ1n) is 10.5. The van der Waals surface area contributed by atoms with Gasteiger partial charge in [0.25, 0.3) is 11.8 Å². The van der Waals surface area contributed by atoms with E-state index in [-0.39, 0.29) is 18.2 Å². The van der Waals surface area contributed by atoms with Crippen LogP contribution in [0.4, 0.5) is 5.69 Å². The van der Waals surface area contributed by atoms with Crippen LogP contribution in [0.5, 0.6) is 5.75 Å². The Morgan fingerprint density at radius 1 is 1.30 bits per heavy atom. The highest BCUT2D eigenvalue weighted by atomic mass is 16.5. The zero-order valence-electron chi connectivity index (χ0n) is 18.8. The zero-order valence-corrected chi connectivity index (χ0v) is 18.8. The van der Waals surface area contributed by atoms with Crippen molar-refractivity contribution >= 4 is 29.7 Å². The number of rotatable bonds is 7. The van der Waals surface area contributed by atoms with Crippen LogP contribution in [-0.4, -0.2) is 36.5 Å². The average molecular weight is 448 g/mol. The maximum Gasteiger partial charge on any atom is 0.269 e. The summed E-state index contributed by atoms with van der Waals surface area (Å²) in [6.45, 7) is 6.07. The highest BCUT2D eigenvalue weighted by molar-refractivity contribution is 6.04. The third-order valence-electron chi connectivity index (χ3n) is 5.22. The lowest BCUT2D eigenvalue weighted by atomic mass is 10.0. The fourth-order valence-electron chi connectivity index (χ4n) is 3.60. The number of benzene rings is 2. The number of allylic oxidation sites excluding steroid dienone is 1. The second kappa shape index (κ2) is 10.5. The van der Waals surface area contributed by atoms with Crippen LogP contribution in [0.2, 0.25) is 0 Å². The number of fused-ring (bicyclic) bond motifs is 1. The van der Waals surface area contributed by atoms with E-state index in [0.29, 0.717) is 18.0 Å². The normalized spacial score (nSPS) is 16.1. The molecule has 1 atom stereocenters. The number of amides is 2. The molecule has 1 heterocycles. The predicted octanol–water partition coefficient (Wildman–Crippen LogP) is 2.38. The summed E-state index contributed by atoms with van der Waals surface area (Å²) in [7, 11) is 1.65. The molecule has 8 nitrogen and oxygen atoms in total. The fraction of sp³-hybridized carbons (Fsp3) is 0.200. The maximum absolute atomic E-state index is 13.2. The van der Waals surface area contributed by atoms with Gasteiger partial charge in [0.2, 0.25) is 0 Å². The number of hydrogen-bond donors (Lipinski definition) is 3. The molecule has 2 amide bonds. The molecule has 3 rings (SSSR count). The Labute approximate surface area is 193 Å². The summed E-state index contributed by atoms with van der Waals surface area (Å²) >= 11 is 0. The van der Waals surface area contributed by atoms with Crippen molar-refractivity contribution < 1.29 is 14.3 Å². The molecule has 0 saturated carbocycles. The summed E-state index contributed by atoms with van der Waals surface area (Å²) in [5.41, 5.74) is 9.08. The second-order valence-corrected chi connectivity index (χ2v) is 7.60. The minimum absolute atomic E-state index is 0.0335. The van der Waals surface area contributed by atoms with E-state index in [1.807, 2.05) is 55.5 Å². The minimum Gasteiger partial charge on any atom is -0.489 e. The van der Waals surface area contributed by atoms with Gasteiger partial charge in [0.15, 0.2) is 0 Å². The van der Waals surface area contributed by atoms with Gasteiger partial charge in [-0.15, -0.1) is 0 Å². The summed E-state index contributed by atoms with van der Waals surface area (Å²) in [6, 6.07) is 12.3. The molecule has 2 aromatic rings. The number of hydrazine groups is 1. The molecule has 0 spiro atoms. The number of anilines is 1. The molecule has 0 fully saturated rings. The first kappa shape index (κ1) is 23.6. The Morgan fingerprint density at radius 2 is 2.03 bits per heavy atom. The summed E-state index contributed by atoms with van der Waals surface area (Å²) in [6.07, 6.45) is 6.83. The summed E-state index contributed by atoms with van der Waals surface area (Å²) in [4.78, 5) is 27.3. The van der Waals surface area contributed by atoms with Crippen molar-refractivity contribution in [2.24, 2.45) is 11.6 Å². The lowest BCUT2D eigenvalue weighted by molar-refractivity contribution is -0.126. The molecule has 33 heavy (non-hydrogen) atoms. The molecule has 172 valence electrons. The van der Waals surface area contributed by atoms with E-state index in [4.69, 9.17) is 16.3 Å². The molecule has 0 saturated heterocycles. The molecule has 0 aromatic heterocycles. The standard InChI is InChI=1S/C25H29N5O3/c1-4-9-19-18(5-2)12-13-22-23(19)29(3)25(32)21(16-33-22)28-24(31)20(26)15-30(27)14-17-10-7-6-8-11-17/h4-13,15,21H,2,14,16,26-27H2,1,3H3,(H,28,31)/b9-4-,20-15-. The van der Waals surface area contributed by atoms with E-state index < -0.39 is 11.9 Å². The van der Waals surface area contributed by atoms with E-state index >= 15 is 0 Å². The van der Waals surface area contributed by atoms with Gasteiger partial charge in [-0.25, -0.2) is 5.84 Å². The highest BCUT2D eigenvalue weighted by Gasteiger charge is 2.32. The number of carbonyl (C=O) groups is 2. The number of nitrogens with two attached hydrogens (primary N) is 2. The highest BCUT2D eigenvalue weighted by Crippen LogP contribution is 2.37. The van der Waals surface area contributed by atoms with Crippen LogP contribution in [0.15, 0.2) is 67.0 Å². The quantitative estimate of drug-likeness (QED) is 0.341. The lowest BCUT2D eigenvalue weighted by Crippen LogP contribution is -2.50. The lowest BCUT2D eigenvalue weighted by Gasteiger charge is -2.23. The van der Waals surface area contributed by atoms with Crippen LogP contribution in [-0.2, 0) is 16.1 Å². The smallest absolute Gasteiger partial charge is 0.269 e. The van der Waals surface area contributed by atoms with Crippen LogP contribution in [0.3, 0.4) is 0 Å². The number of ether oxygens (including phenoxy) is 1. The van der Waals surface area contributed by atoms with Gasteiger partial charge in [0.1, 0.15) is 24.1 Å². The Hall–Kier alpha value is -4.04. The van der Waals surface area contributed by atoms with Crippen LogP contribution >= 0.6 is 0 Å². The third kappa shape index (κ3) is 5.42. The van der Waals surface area contributed by atoms with Crippen molar-refractivity contribution in [1.82, 2.24) is 10.3 Å². The third-order valence-corrected chi connectivity index (χ3v) is 5.22. The van der Waals surface area contributed by atoms with Gasteiger partial charge in [-0.3, -0.25) is 9.59 Å². The Kier molecular flexibility index (Phi) is 7.53. The largest absolute Gasteiger partial charge is 0.489 e. The van der Waals surface area contributed by atoms with Crippen molar-refractivity contribution in [3.63, 3.8) is 0 Å². The second-order valence-electron chi connectivity index (χ2n) is 7.60. The van der Waals surface area contributed by atoms with Crippen LogP contribution in [0, 0.1) is 0 Å². The molecule has 8 heteroatoms. The summed E-state index contributed by atoms with van der Waals surface area (Å²) in [5.74, 6) is 5.57. The van der Waals surface area contributed by atoms with Crippen molar-refractivity contribution in [1.29, 1.82) is 0 Å². The van der Waals surface area contributed by atoms with Crippen molar-refractivity contribution in [3.8, 4) is 5.75 Å². The maximum atomic E-state index is 13.2. The molecule has 1 aliphatic rings. The molecule has 5 N–H and O–H groups in total. The number of nitrogens with one attached hydrogen (secondary N) is 1. The van der Waals surface area contributed by atoms with E-state index in [2.05, 4.69) is 11.9 Å². The zero-order chi connectivity index (χ0) is 24.0. The van der Waals surface area contributed by atoms with Crippen LogP contribution in [0.1, 0.15) is 23.6 Å². The number of likely N-dealkylation sites (N-methyl/N-ethyl adjacent to an activating group) is 1. The number of hydrogen-bond acceptors (Lipinski definition) is 6. The SMILES string of the molecule is C=Cc1ccc2c(c1/C=C\C)N(C)C(=O)C(NC(=O)/C(N)=C/N(N)Cc1ccccc1)CO2. The summed E-state index contributed by atoms with van der Waals surface area (Å²) < 4.78 is 5.89. The van der Waals surface area contributed by atoms with Gasteiger partial charge in [-0.2, -0.15) is 0 Å². The van der Waals surface area contributed by atoms with Crippen molar-refractivity contribution in [3.05, 3.63) is 83.7 Å². The Morgan fingerprint density at radius 3 is 2.70 bits per heavy atom. The van der Waals surface area contributed by atoms with Gasteiger partial charge in [0, 0.05) is 18.8 Å². The van der Waals surface area contributed by atoms with E-state index in [9.17, 15) is 9.59 Å². The molecular formula is C25H29N5O3. The molecule has 0 bridgehead atoms. The molecule has 1 unspecified atom stereocenters. The van der Waals surface area contributed by atoms with E-state index in [1.165, 1.54) is 16.1 Å². The molecular weight excluding hydrogens is 418 g/mol. The predicted molar refractivity (Wildman–Crippen MR) is 131 cm³/mol. The number of carbonyl (C=O) groups excluding carboxylic acids is 2. The van der Waals surface area contributed by atoms with Gasteiger partial charge in [-0.05, 0) is 24.1 Å². The van der Waals surface area contributed by atoms with Crippen LogP contribution < -0.4 is 26.5 Å².